The number of hydrogen-bond acceptors (Lipinski definition) is 3. The third kappa shape index (κ3) is 3.38. The van der Waals surface area contributed by atoms with E-state index in [1.54, 1.807) is 0 Å². The van der Waals surface area contributed by atoms with Gasteiger partial charge in [-0.1, -0.05) is 20.3 Å². The molecule has 1 heterocycles. The molecule has 2 nitrogen and oxygen atoms in total. The first-order valence-corrected chi connectivity index (χ1v) is 7.66. The third-order valence-corrected chi connectivity index (χ3v) is 5.52. The lowest BCUT2D eigenvalue weighted by Gasteiger charge is -2.37. The second kappa shape index (κ2) is 6.27. The molecule has 1 rings (SSSR count). The maximum atomic E-state index is 3.74. The highest BCUT2D eigenvalue weighted by atomic mass is 32.2. The van der Waals surface area contributed by atoms with Crippen LogP contribution >= 0.6 is 11.8 Å². The molecule has 3 unspecified atom stereocenters. The Balaban J connectivity index is 2.45. The molecule has 0 aromatic carbocycles. The second-order valence-corrected chi connectivity index (χ2v) is 6.58. The van der Waals surface area contributed by atoms with Crippen LogP contribution in [-0.2, 0) is 0 Å². The topological polar surface area (TPSA) is 15.3 Å². The molecule has 96 valence electrons. The molecular weight excluding hydrogens is 216 g/mol. The van der Waals surface area contributed by atoms with Crippen LogP contribution in [0.2, 0.25) is 0 Å². The zero-order valence-electron chi connectivity index (χ0n) is 11.5. The number of rotatable bonds is 6. The molecule has 3 atom stereocenters. The van der Waals surface area contributed by atoms with Gasteiger partial charge in [-0.25, -0.2) is 0 Å². The van der Waals surface area contributed by atoms with Crippen LogP contribution in [0.1, 0.15) is 33.6 Å². The number of thioether (sulfide) groups is 1. The molecule has 3 heteroatoms. The summed E-state index contributed by atoms with van der Waals surface area (Å²) in [5.41, 5.74) is 0.395. The Kier molecular flexibility index (Phi) is 5.62. The van der Waals surface area contributed by atoms with Crippen molar-refractivity contribution in [2.75, 3.05) is 32.1 Å². The van der Waals surface area contributed by atoms with E-state index in [1.165, 1.54) is 24.3 Å². The fourth-order valence-electron chi connectivity index (χ4n) is 2.15. The van der Waals surface area contributed by atoms with Crippen LogP contribution in [0, 0.1) is 5.92 Å². The monoisotopic (exact) mass is 244 g/mol. The highest BCUT2D eigenvalue weighted by Crippen LogP contribution is 2.31. The maximum absolute atomic E-state index is 3.74. The summed E-state index contributed by atoms with van der Waals surface area (Å²) < 4.78 is 0. The van der Waals surface area contributed by atoms with Gasteiger partial charge in [-0.2, -0.15) is 11.8 Å². The summed E-state index contributed by atoms with van der Waals surface area (Å²) in [5, 5.41) is 3.74. The lowest BCUT2D eigenvalue weighted by Crippen LogP contribution is -2.54. The van der Waals surface area contributed by atoms with E-state index >= 15 is 0 Å². The van der Waals surface area contributed by atoms with E-state index < -0.39 is 0 Å². The Labute approximate surface area is 106 Å². The van der Waals surface area contributed by atoms with Gasteiger partial charge in [0.1, 0.15) is 0 Å². The number of nitrogens with one attached hydrogen (secondary N) is 1. The summed E-state index contributed by atoms with van der Waals surface area (Å²) in [6.07, 6.45) is 2.59. The minimum atomic E-state index is 0.395. The van der Waals surface area contributed by atoms with Crippen molar-refractivity contribution in [3.8, 4) is 0 Å². The second-order valence-electron chi connectivity index (χ2n) is 5.48. The van der Waals surface area contributed by atoms with Crippen LogP contribution in [0.4, 0.5) is 0 Å². The van der Waals surface area contributed by atoms with Gasteiger partial charge < -0.3 is 10.2 Å². The Bertz CT molecular complexity index is 200. The molecule has 0 aromatic heterocycles. The molecule has 1 aliphatic rings. The van der Waals surface area contributed by atoms with Crippen molar-refractivity contribution in [2.24, 2.45) is 5.92 Å². The SMILES string of the molecule is CCC(C)C(C)NCC1(N(C)C)CCSC1. The fourth-order valence-corrected chi connectivity index (χ4v) is 3.71. The molecular formula is C13H28N2S. The Hall–Kier alpha value is 0.270. The summed E-state index contributed by atoms with van der Waals surface area (Å²) >= 11 is 2.09. The van der Waals surface area contributed by atoms with Crippen molar-refractivity contribution in [1.29, 1.82) is 0 Å². The molecule has 0 amide bonds. The van der Waals surface area contributed by atoms with Gasteiger partial charge in [-0.05, 0) is 39.1 Å². The standard InChI is InChI=1S/C13H28N2S/c1-6-11(2)12(3)14-9-13(15(4)5)7-8-16-10-13/h11-12,14H,6-10H2,1-5H3. The summed E-state index contributed by atoms with van der Waals surface area (Å²) in [4.78, 5) is 2.42. The van der Waals surface area contributed by atoms with Crippen molar-refractivity contribution in [2.45, 2.75) is 45.2 Å². The third-order valence-electron chi connectivity index (χ3n) is 4.28. The molecule has 1 saturated heterocycles. The normalized spacial score (nSPS) is 29.6. The molecule has 0 radical (unpaired) electrons. The lowest BCUT2D eigenvalue weighted by molar-refractivity contribution is 0.166. The molecule has 0 saturated carbocycles. The average molecular weight is 244 g/mol. The molecule has 1 fully saturated rings. The van der Waals surface area contributed by atoms with Crippen molar-refractivity contribution >= 4 is 11.8 Å². The Morgan fingerprint density at radius 2 is 2.06 bits per heavy atom. The van der Waals surface area contributed by atoms with Crippen LogP contribution in [-0.4, -0.2) is 48.6 Å². The predicted octanol–water partition coefficient (Wildman–Crippen LogP) is 2.45. The summed E-state index contributed by atoms with van der Waals surface area (Å²) in [5.74, 6) is 3.37. The molecule has 1 aliphatic heterocycles. The van der Waals surface area contributed by atoms with E-state index in [-0.39, 0.29) is 0 Å². The highest BCUT2D eigenvalue weighted by Gasteiger charge is 2.36. The first-order chi connectivity index (χ1) is 7.52. The Morgan fingerprint density at radius 3 is 2.50 bits per heavy atom. The van der Waals surface area contributed by atoms with E-state index in [0.717, 1.165) is 12.5 Å². The maximum Gasteiger partial charge on any atom is 0.0425 e. The van der Waals surface area contributed by atoms with Gasteiger partial charge >= 0.3 is 0 Å². The van der Waals surface area contributed by atoms with E-state index in [1.807, 2.05) is 0 Å². The molecule has 16 heavy (non-hydrogen) atoms. The first kappa shape index (κ1) is 14.3. The minimum Gasteiger partial charge on any atom is -0.312 e. The van der Waals surface area contributed by atoms with Gasteiger partial charge in [0, 0.05) is 23.9 Å². The number of nitrogens with zero attached hydrogens (tertiary/aromatic N) is 1. The van der Waals surface area contributed by atoms with Crippen LogP contribution in [0.25, 0.3) is 0 Å². The van der Waals surface area contributed by atoms with Gasteiger partial charge in [-0.3, -0.25) is 0 Å². The quantitative estimate of drug-likeness (QED) is 0.772. The van der Waals surface area contributed by atoms with Crippen LogP contribution < -0.4 is 5.32 Å². The summed E-state index contributed by atoms with van der Waals surface area (Å²) in [6, 6.07) is 0.632. The lowest BCUT2D eigenvalue weighted by atomic mass is 9.95. The largest absolute Gasteiger partial charge is 0.312 e. The fraction of sp³-hybridized carbons (Fsp3) is 1.00. The zero-order chi connectivity index (χ0) is 12.2. The molecule has 0 aliphatic carbocycles. The van der Waals surface area contributed by atoms with Crippen LogP contribution in [0.5, 0.6) is 0 Å². The van der Waals surface area contributed by atoms with E-state index in [2.05, 4.69) is 56.8 Å². The van der Waals surface area contributed by atoms with Crippen molar-refractivity contribution in [1.82, 2.24) is 10.2 Å². The van der Waals surface area contributed by atoms with Gasteiger partial charge in [0.05, 0.1) is 0 Å². The highest BCUT2D eigenvalue weighted by molar-refractivity contribution is 7.99. The predicted molar refractivity (Wildman–Crippen MR) is 75.3 cm³/mol. The van der Waals surface area contributed by atoms with Gasteiger partial charge in [0.2, 0.25) is 0 Å². The first-order valence-electron chi connectivity index (χ1n) is 6.50. The van der Waals surface area contributed by atoms with E-state index in [9.17, 15) is 0 Å². The molecule has 0 spiro atoms. The molecule has 1 N–H and O–H groups in total. The number of likely N-dealkylation sites (N-methyl/N-ethyl adjacent to an activating group) is 1. The van der Waals surface area contributed by atoms with Crippen molar-refractivity contribution < 1.29 is 0 Å². The number of hydrogen-bond donors (Lipinski definition) is 1. The van der Waals surface area contributed by atoms with E-state index in [0.29, 0.717) is 11.6 Å². The minimum absolute atomic E-state index is 0.395. The molecule has 0 aromatic rings. The Morgan fingerprint density at radius 1 is 1.38 bits per heavy atom. The summed E-state index contributed by atoms with van der Waals surface area (Å²) in [6.45, 7) is 8.07. The van der Waals surface area contributed by atoms with Crippen molar-refractivity contribution in [3.05, 3.63) is 0 Å². The van der Waals surface area contributed by atoms with Crippen molar-refractivity contribution in [3.63, 3.8) is 0 Å². The van der Waals surface area contributed by atoms with E-state index in [4.69, 9.17) is 0 Å². The average Bonchev–Trinajstić information content (AvgIpc) is 2.74. The van der Waals surface area contributed by atoms with Gasteiger partial charge in [0.15, 0.2) is 0 Å². The summed E-state index contributed by atoms with van der Waals surface area (Å²) in [7, 11) is 4.45. The van der Waals surface area contributed by atoms with Gasteiger partial charge in [-0.15, -0.1) is 0 Å². The zero-order valence-corrected chi connectivity index (χ0v) is 12.4. The van der Waals surface area contributed by atoms with Crippen LogP contribution in [0.3, 0.4) is 0 Å². The molecule has 0 bridgehead atoms. The van der Waals surface area contributed by atoms with Crippen LogP contribution in [0.15, 0.2) is 0 Å². The smallest absolute Gasteiger partial charge is 0.0425 e. The van der Waals surface area contributed by atoms with Gasteiger partial charge in [0.25, 0.3) is 0 Å².